The minimum Gasteiger partial charge on any atom is -0.445 e. The molecule has 0 aliphatic heterocycles. The Labute approximate surface area is 107 Å². The third-order valence-corrected chi connectivity index (χ3v) is 3.10. The van der Waals surface area contributed by atoms with Gasteiger partial charge in [-0.2, -0.15) is 5.26 Å². The molecule has 0 bridgehead atoms. The molecule has 4 nitrogen and oxygen atoms in total. The number of carbonyl (C=O) groups is 1. The Kier molecular flexibility index (Phi) is 4.10. The lowest BCUT2D eigenvalue weighted by molar-refractivity contribution is -0.163. The zero-order chi connectivity index (χ0) is 13.9. The minimum atomic E-state index is -1.71. The monoisotopic (exact) mass is 247 g/mol. The van der Waals surface area contributed by atoms with E-state index in [2.05, 4.69) is 13.2 Å². The Morgan fingerprint density at radius 2 is 2.39 bits per heavy atom. The highest BCUT2D eigenvalue weighted by Gasteiger charge is 2.47. The van der Waals surface area contributed by atoms with Crippen LogP contribution in [0.25, 0.3) is 0 Å². The molecule has 96 valence electrons. The Balaban J connectivity index is 3.06. The smallest absolute Gasteiger partial charge is 0.344 e. The second-order valence-corrected chi connectivity index (χ2v) is 4.41. The van der Waals surface area contributed by atoms with Crippen LogP contribution in [0.3, 0.4) is 0 Å². The molecule has 0 radical (unpaired) electrons. The number of hydrogen-bond acceptors (Lipinski definition) is 4. The van der Waals surface area contributed by atoms with Crippen LogP contribution in [0.4, 0.5) is 0 Å². The molecule has 0 aromatic rings. The summed E-state index contributed by atoms with van der Waals surface area (Å²) in [4.78, 5) is 12.0. The van der Waals surface area contributed by atoms with Gasteiger partial charge in [0.1, 0.15) is 6.07 Å². The van der Waals surface area contributed by atoms with Crippen molar-refractivity contribution in [2.45, 2.75) is 38.4 Å². The number of aliphatic hydroxyl groups is 1. The van der Waals surface area contributed by atoms with Crippen LogP contribution >= 0.6 is 0 Å². The molecule has 0 amide bonds. The summed E-state index contributed by atoms with van der Waals surface area (Å²) in [5.41, 5.74) is 0.355. The second kappa shape index (κ2) is 5.19. The van der Waals surface area contributed by atoms with Crippen molar-refractivity contribution in [1.29, 1.82) is 5.26 Å². The molecule has 4 heteroatoms. The van der Waals surface area contributed by atoms with E-state index in [1.165, 1.54) is 6.92 Å². The molecule has 0 aromatic carbocycles. The summed E-state index contributed by atoms with van der Waals surface area (Å²) in [5, 5.41) is 19.1. The highest BCUT2D eigenvalue weighted by atomic mass is 16.6. The van der Waals surface area contributed by atoms with Gasteiger partial charge in [0.15, 0.2) is 11.7 Å². The Morgan fingerprint density at radius 1 is 1.78 bits per heavy atom. The molecule has 0 saturated carbocycles. The van der Waals surface area contributed by atoms with Gasteiger partial charge in [-0.3, -0.25) is 0 Å². The first-order chi connectivity index (χ1) is 8.36. The van der Waals surface area contributed by atoms with Crippen LogP contribution in [0.15, 0.2) is 36.0 Å². The fraction of sp³-hybridized carbons (Fsp3) is 0.429. The van der Waals surface area contributed by atoms with E-state index in [9.17, 15) is 9.90 Å². The summed E-state index contributed by atoms with van der Waals surface area (Å²) in [6.07, 6.45) is 1.22. The predicted molar refractivity (Wildman–Crippen MR) is 67.4 cm³/mol. The normalized spacial score (nSPS) is 24.7. The summed E-state index contributed by atoms with van der Waals surface area (Å²) >= 11 is 0. The Bertz CT molecular complexity index is 470. The molecule has 1 N–H and O–H groups in total. The van der Waals surface area contributed by atoms with Gasteiger partial charge in [0, 0.05) is 6.42 Å². The van der Waals surface area contributed by atoms with Gasteiger partial charge < -0.3 is 9.84 Å². The van der Waals surface area contributed by atoms with E-state index >= 15 is 0 Å². The molecule has 1 aliphatic rings. The fourth-order valence-electron chi connectivity index (χ4n) is 2.02. The molecule has 0 fully saturated rings. The van der Waals surface area contributed by atoms with Crippen LogP contribution in [0, 0.1) is 11.3 Å². The van der Waals surface area contributed by atoms with Gasteiger partial charge in [0.2, 0.25) is 0 Å². The maximum atomic E-state index is 12.0. The molecular formula is C14H17NO3. The first-order valence-corrected chi connectivity index (χ1v) is 5.69. The van der Waals surface area contributed by atoms with Crippen molar-refractivity contribution in [2.24, 2.45) is 0 Å². The molecule has 2 unspecified atom stereocenters. The van der Waals surface area contributed by atoms with E-state index in [0.29, 0.717) is 17.6 Å². The fourth-order valence-corrected chi connectivity index (χ4v) is 2.02. The highest BCUT2D eigenvalue weighted by molar-refractivity contribution is 5.86. The van der Waals surface area contributed by atoms with Gasteiger partial charge in [-0.1, -0.05) is 12.7 Å². The Hall–Kier alpha value is -1.86. The number of nitrogens with zero attached hydrogens (tertiary/aromatic N) is 1. The largest absolute Gasteiger partial charge is 0.445 e. The molecule has 0 heterocycles. The summed E-state index contributed by atoms with van der Waals surface area (Å²) in [6.45, 7) is 10.7. The molecule has 1 aliphatic carbocycles. The van der Waals surface area contributed by atoms with E-state index in [4.69, 9.17) is 10.00 Å². The van der Waals surface area contributed by atoms with Crippen molar-refractivity contribution in [3.63, 3.8) is 0 Å². The third kappa shape index (κ3) is 2.36. The average molecular weight is 247 g/mol. The van der Waals surface area contributed by atoms with Gasteiger partial charge in [-0.05, 0) is 37.0 Å². The maximum Gasteiger partial charge on any atom is 0.344 e. The van der Waals surface area contributed by atoms with E-state index in [0.717, 1.165) is 5.57 Å². The van der Waals surface area contributed by atoms with Crippen LogP contribution in [-0.2, 0) is 9.53 Å². The Morgan fingerprint density at radius 3 is 2.89 bits per heavy atom. The molecular weight excluding hydrogens is 230 g/mol. The van der Waals surface area contributed by atoms with E-state index < -0.39 is 17.7 Å². The van der Waals surface area contributed by atoms with Gasteiger partial charge in [-0.15, -0.1) is 6.58 Å². The summed E-state index contributed by atoms with van der Waals surface area (Å²) < 4.78 is 4.90. The lowest BCUT2D eigenvalue weighted by atomic mass is 9.92. The zero-order valence-electron chi connectivity index (χ0n) is 10.7. The predicted octanol–water partition coefficient (Wildman–Crippen LogP) is 2.03. The second-order valence-electron chi connectivity index (χ2n) is 4.41. The number of carbonyl (C=O) groups excluding carboxylic acids is 1. The lowest BCUT2D eigenvalue weighted by Crippen LogP contribution is -2.41. The molecule has 1 rings (SSSR count). The van der Waals surface area contributed by atoms with E-state index in [1.807, 2.05) is 0 Å². The SMILES string of the molecule is C=CCC1=C(C)C(=C)CC1(O)C(=O)OC(C)C#N. The summed E-state index contributed by atoms with van der Waals surface area (Å²) in [6, 6.07) is 1.79. The molecule has 0 saturated heterocycles. The summed E-state index contributed by atoms with van der Waals surface area (Å²) in [7, 11) is 0. The van der Waals surface area contributed by atoms with Gasteiger partial charge >= 0.3 is 5.97 Å². The molecule has 2 atom stereocenters. The van der Waals surface area contributed by atoms with Gasteiger partial charge in [0.05, 0.1) is 0 Å². The van der Waals surface area contributed by atoms with Crippen molar-refractivity contribution in [3.8, 4) is 6.07 Å². The van der Waals surface area contributed by atoms with Gasteiger partial charge in [-0.25, -0.2) is 4.79 Å². The van der Waals surface area contributed by atoms with E-state index in [-0.39, 0.29) is 6.42 Å². The van der Waals surface area contributed by atoms with Crippen LogP contribution in [-0.4, -0.2) is 22.8 Å². The lowest BCUT2D eigenvalue weighted by Gasteiger charge is -2.24. The first kappa shape index (κ1) is 14.2. The van der Waals surface area contributed by atoms with E-state index in [1.54, 1.807) is 19.1 Å². The van der Waals surface area contributed by atoms with Crippen LogP contribution < -0.4 is 0 Å². The average Bonchev–Trinajstić information content (AvgIpc) is 2.54. The first-order valence-electron chi connectivity index (χ1n) is 5.69. The maximum absolute atomic E-state index is 12.0. The molecule has 0 aromatic heterocycles. The number of hydrogen-bond donors (Lipinski definition) is 1. The minimum absolute atomic E-state index is 0.110. The zero-order valence-corrected chi connectivity index (χ0v) is 10.7. The third-order valence-electron chi connectivity index (χ3n) is 3.10. The number of ether oxygens (including phenoxy) is 1. The number of esters is 1. The molecule has 18 heavy (non-hydrogen) atoms. The van der Waals surface area contributed by atoms with Crippen LogP contribution in [0.2, 0.25) is 0 Å². The van der Waals surface area contributed by atoms with Crippen molar-refractivity contribution in [3.05, 3.63) is 36.0 Å². The number of allylic oxidation sites excluding steroid dienone is 2. The van der Waals surface area contributed by atoms with Crippen molar-refractivity contribution in [2.75, 3.05) is 0 Å². The van der Waals surface area contributed by atoms with Crippen LogP contribution in [0.1, 0.15) is 26.7 Å². The topological polar surface area (TPSA) is 70.3 Å². The number of rotatable bonds is 4. The quantitative estimate of drug-likeness (QED) is 0.609. The van der Waals surface area contributed by atoms with Gasteiger partial charge in [0.25, 0.3) is 0 Å². The van der Waals surface area contributed by atoms with Crippen molar-refractivity contribution < 1.29 is 14.6 Å². The molecule has 0 spiro atoms. The van der Waals surface area contributed by atoms with Crippen molar-refractivity contribution in [1.82, 2.24) is 0 Å². The van der Waals surface area contributed by atoms with Crippen molar-refractivity contribution >= 4 is 5.97 Å². The summed E-state index contributed by atoms with van der Waals surface area (Å²) in [5.74, 6) is -0.800. The van der Waals surface area contributed by atoms with Crippen LogP contribution in [0.5, 0.6) is 0 Å². The standard InChI is InChI=1S/C14H17NO3/c1-5-6-12-11(4)9(2)7-14(12,17)13(16)18-10(3)8-15/h5,10,17H,1-2,6-7H2,3-4H3. The highest BCUT2D eigenvalue weighted by Crippen LogP contribution is 2.41. The number of nitriles is 1.